The van der Waals surface area contributed by atoms with Crippen molar-refractivity contribution in [3.05, 3.63) is 34.5 Å². The molecule has 2 heterocycles. The van der Waals surface area contributed by atoms with Crippen LogP contribution < -0.4 is 0 Å². The Morgan fingerprint density at radius 3 is 2.82 bits per heavy atom. The van der Waals surface area contributed by atoms with Gasteiger partial charge in [-0.2, -0.15) is 5.10 Å². The average molecular weight is 313 g/mol. The van der Waals surface area contributed by atoms with E-state index in [1.165, 1.54) is 5.69 Å². The van der Waals surface area contributed by atoms with Gasteiger partial charge in [-0.3, -0.25) is 9.67 Å². The molecule has 0 aromatic carbocycles. The van der Waals surface area contributed by atoms with Gasteiger partial charge in [0.15, 0.2) is 0 Å². The predicted molar refractivity (Wildman–Crippen MR) is 71.9 cm³/mol. The van der Waals surface area contributed by atoms with Crippen LogP contribution in [-0.2, 0) is 19.2 Å². The molecule has 0 radical (unpaired) electrons. The molecule has 2 aromatic rings. The topological polar surface area (TPSA) is 43.6 Å². The fourth-order valence-corrected chi connectivity index (χ4v) is 3.31. The number of nitrogens with zero attached hydrogens (tertiary/aromatic N) is 4. The van der Waals surface area contributed by atoms with Gasteiger partial charge in [-0.1, -0.05) is 18.7 Å². The maximum Gasteiger partial charge on any atom is 0.115 e. The van der Waals surface area contributed by atoms with E-state index in [1.54, 1.807) is 30.4 Å². The lowest BCUT2D eigenvalue weighted by molar-refractivity contribution is 0.719. The third-order valence-electron chi connectivity index (χ3n) is 2.40. The van der Waals surface area contributed by atoms with Gasteiger partial charge in [0.05, 0.1) is 22.1 Å². The van der Waals surface area contributed by atoms with Crippen LogP contribution >= 0.6 is 27.7 Å². The van der Waals surface area contributed by atoms with Crippen LogP contribution in [0.1, 0.15) is 18.3 Å². The van der Waals surface area contributed by atoms with Crippen LogP contribution in [0.5, 0.6) is 0 Å². The maximum atomic E-state index is 4.46. The summed E-state index contributed by atoms with van der Waals surface area (Å²) >= 11 is 5.26. The molecule has 0 unspecified atom stereocenters. The number of thioether (sulfide) groups is 1. The third-order valence-corrected chi connectivity index (χ3v) is 4.24. The van der Waals surface area contributed by atoms with Crippen molar-refractivity contribution >= 4 is 27.7 Å². The zero-order valence-corrected chi connectivity index (χ0v) is 12.1. The van der Waals surface area contributed by atoms with E-state index in [1.807, 2.05) is 11.7 Å². The second-order valence-electron chi connectivity index (χ2n) is 3.52. The van der Waals surface area contributed by atoms with Crippen molar-refractivity contribution in [3.63, 3.8) is 0 Å². The van der Waals surface area contributed by atoms with E-state index < -0.39 is 0 Å². The van der Waals surface area contributed by atoms with Crippen molar-refractivity contribution in [1.82, 2.24) is 19.7 Å². The summed E-state index contributed by atoms with van der Waals surface area (Å²) in [5, 5.41) is 5.39. The predicted octanol–water partition coefficient (Wildman–Crippen LogP) is 2.83. The Hall–Kier alpha value is -0.880. The summed E-state index contributed by atoms with van der Waals surface area (Å²) in [7, 11) is 1.97. The fraction of sp³-hybridized carbons (Fsp3) is 0.364. The largest absolute Gasteiger partial charge is 0.270 e. The summed E-state index contributed by atoms with van der Waals surface area (Å²) in [6.07, 6.45) is 6.09. The molecule has 4 nitrogen and oxygen atoms in total. The molecule has 2 aromatic heterocycles. The number of aromatic nitrogens is 4. The highest BCUT2D eigenvalue weighted by molar-refractivity contribution is 9.10. The molecule has 17 heavy (non-hydrogen) atoms. The number of aryl methyl sites for hydroxylation is 2. The molecule has 0 amide bonds. The standard InChI is InChI=1S/C11H13BrN4S/c1-3-8-11(12)9(16(2)15-8)7-17-10-6-13-4-5-14-10/h4-6H,3,7H2,1-2H3. The smallest absolute Gasteiger partial charge is 0.115 e. The first-order chi connectivity index (χ1) is 8.22. The zero-order chi connectivity index (χ0) is 12.3. The highest BCUT2D eigenvalue weighted by atomic mass is 79.9. The van der Waals surface area contributed by atoms with Crippen molar-refractivity contribution in [2.24, 2.45) is 7.05 Å². The summed E-state index contributed by atoms with van der Waals surface area (Å²) in [5.41, 5.74) is 2.28. The van der Waals surface area contributed by atoms with Crippen LogP contribution in [0.3, 0.4) is 0 Å². The molecule has 6 heteroatoms. The highest BCUT2D eigenvalue weighted by Crippen LogP contribution is 2.27. The van der Waals surface area contributed by atoms with Gasteiger partial charge >= 0.3 is 0 Å². The average Bonchev–Trinajstić information content (AvgIpc) is 2.63. The molecular formula is C11H13BrN4S. The van der Waals surface area contributed by atoms with Gasteiger partial charge in [0.2, 0.25) is 0 Å². The van der Waals surface area contributed by atoms with Crippen LogP contribution in [0, 0.1) is 0 Å². The first-order valence-electron chi connectivity index (χ1n) is 5.31. The molecule has 0 atom stereocenters. The van der Waals surface area contributed by atoms with Crippen LogP contribution in [0.2, 0.25) is 0 Å². The van der Waals surface area contributed by atoms with Gasteiger partial charge in [-0.05, 0) is 22.4 Å². The second kappa shape index (κ2) is 5.64. The Morgan fingerprint density at radius 1 is 1.41 bits per heavy atom. The molecule has 0 aliphatic heterocycles. The zero-order valence-electron chi connectivity index (χ0n) is 9.72. The van der Waals surface area contributed by atoms with E-state index >= 15 is 0 Å². The van der Waals surface area contributed by atoms with Crippen molar-refractivity contribution in [1.29, 1.82) is 0 Å². The van der Waals surface area contributed by atoms with E-state index in [9.17, 15) is 0 Å². The van der Waals surface area contributed by atoms with Gasteiger partial charge in [0.25, 0.3) is 0 Å². The first-order valence-corrected chi connectivity index (χ1v) is 7.09. The van der Waals surface area contributed by atoms with Gasteiger partial charge in [-0.15, -0.1) is 0 Å². The van der Waals surface area contributed by atoms with Crippen molar-refractivity contribution < 1.29 is 0 Å². The van der Waals surface area contributed by atoms with E-state index in [-0.39, 0.29) is 0 Å². The maximum absolute atomic E-state index is 4.46. The minimum Gasteiger partial charge on any atom is -0.270 e. The van der Waals surface area contributed by atoms with Crippen molar-refractivity contribution in [3.8, 4) is 0 Å². The molecule has 0 aliphatic rings. The van der Waals surface area contributed by atoms with Crippen molar-refractivity contribution in [2.45, 2.75) is 24.1 Å². The van der Waals surface area contributed by atoms with Gasteiger partial charge in [0, 0.05) is 25.2 Å². The number of hydrogen-bond donors (Lipinski definition) is 0. The lowest BCUT2D eigenvalue weighted by Gasteiger charge is -2.02. The van der Waals surface area contributed by atoms with Gasteiger partial charge in [0.1, 0.15) is 5.03 Å². The number of halogens is 1. The SMILES string of the molecule is CCc1nn(C)c(CSc2cnccn2)c1Br. The Balaban J connectivity index is 2.12. The van der Waals surface area contributed by atoms with E-state index in [0.717, 1.165) is 27.4 Å². The second-order valence-corrected chi connectivity index (χ2v) is 5.31. The van der Waals surface area contributed by atoms with E-state index in [0.29, 0.717) is 0 Å². The van der Waals surface area contributed by atoms with Gasteiger partial charge in [-0.25, -0.2) is 4.98 Å². The van der Waals surface area contributed by atoms with Crippen LogP contribution in [0.25, 0.3) is 0 Å². The molecular weight excluding hydrogens is 300 g/mol. The molecule has 0 saturated heterocycles. The van der Waals surface area contributed by atoms with Crippen LogP contribution in [0.4, 0.5) is 0 Å². The third kappa shape index (κ3) is 2.87. The van der Waals surface area contributed by atoms with E-state index in [2.05, 4.69) is 37.9 Å². The first kappa shape index (κ1) is 12.6. The number of rotatable bonds is 4. The molecule has 0 saturated carbocycles. The Kier molecular flexibility index (Phi) is 4.17. The molecule has 90 valence electrons. The minimum atomic E-state index is 0.836. The summed E-state index contributed by atoms with van der Waals surface area (Å²) in [6.45, 7) is 2.10. The highest BCUT2D eigenvalue weighted by Gasteiger charge is 2.12. The normalized spacial score (nSPS) is 10.8. The Morgan fingerprint density at radius 2 is 2.24 bits per heavy atom. The molecule has 0 fully saturated rings. The Bertz CT molecular complexity index is 498. The fourth-order valence-electron chi connectivity index (χ4n) is 1.48. The molecule has 0 bridgehead atoms. The summed E-state index contributed by atoms with van der Waals surface area (Å²) in [5.74, 6) is 0.836. The Labute approximate surface area is 113 Å². The molecule has 0 N–H and O–H groups in total. The quantitative estimate of drug-likeness (QED) is 0.814. The number of hydrogen-bond acceptors (Lipinski definition) is 4. The van der Waals surface area contributed by atoms with Crippen LogP contribution in [0.15, 0.2) is 28.1 Å². The lowest BCUT2D eigenvalue weighted by Crippen LogP contribution is -1.97. The van der Waals surface area contributed by atoms with Crippen LogP contribution in [-0.4, -0.2) is 19.7 Å². The lowest BCUT2D eigenvalue weighted by atomic mass is 10.3. The van der Waals surface area contributed by atoms with E-state index in [4.69, 9.17) is 0 Å². The monoisotopic (exact) mass is 312 g/mol. The minimum absolute atomic E-state index is 0.836. The van der Waals surface area contributed by atoms with Gasteiger partial charge < -0.3 is 0 Å². The molecule has 0 aliphatic carbocycles. The molecule has 0 spiro atoms. The summed E-state index contributed by atoms with van der Waals surface area (Å²) in [6, 6.07) is 0. The summed E-state index contributed by atoms with van der Waals surface area (Å²) < 4.78 is 3.03. The summed E-state index contributed by atoms with van der Waals surface area (Å²) in [4.78, 5) is 8.28. The molecule has 2 rings (SSSR count). The van der Waals surface area contributed by atoms with Crippen molar-refractivity contribution in [2.75, 3.05) is 0 Å².